The second-order valence-electron chi connectivity index (χ2n) is 4.56. The first-order valence-electron chi connectivity index (χ1n) is 5.26. The summed E-state index contributed by atoms with van der Waals surface area (Å²) in [5, 5.41) is 0. The Morgan fingerprint density at radius 1 is 1.50 bits per heavy atom. The summed E-state index contributed by atoms with van der Waals surface area (Å²) < 4.78 is 13.5. The van der Waals surface area contributed by atoms with Crippen LogP contribution >= 0.6 is 0 Å². The lowest BCUT2D eigenvalue weighted by atomic mass is 9.95. The molecular weight excluding hydrogens is 177 g/mol. The molecule has 0 radical (unpaired) electrons. The third kappa shape index (κ3) is 0.871. The van der Waals surface area contributed by atoms with Gasteiger partial charge in [0.2, 0.25) is 0 Å². The molecule has 2 heteroatoms. The van der Waals surface area contributed by atoms with E-state index in [9.17, 15) is 4.39 Å². The lowest BCUT2D eigenvalue weighted by Gasteiger charge is -2.10. The molecule has 1 aromatic rings. The molecule has 1 saturated carbocycles. The second-order valence-corrected chi connectivity index (χ2v) is 4.56. The van der Waals surface area contributed by atoms with E-state index in [0.29, 0.717) is 5.92 Å². The van der Waals surface area contributed by atoms with Crippen LogP contribution in [-0.4, -0.2) is 6.54 Å². The monoisotopic (exact) mass is 191 g/mol. The number of halogens is 1. The van der Waals surface area contributed by atoms with Gasteiger partial charge in [0.15, 0.2) is 0 Å². The molecule has 2 atom stereocenters. The molecule has 74 valence electrons. The van der Waals surface area contributed by atoms with Crippen molar-refractivity contribution >= 4 is 0 Å². The fourth-order valence-corrected chi connectivity index (χ4v) is 3.09. The number of rotatable bonds is 1. The molecule has 1 spiro atoms. The van der Waals surface area contributed by atoms with Gasteiger partial charge in [-0.15, -0.1) is 0 Å². The standard InChI is InChI=1S/C12H14FN/c13-11-3-1-2-10-9(11)4-5-12(10)6-8(12)7-14/h1-3,8H,4-7,14H2. The Morgan fingerprint density at radius 3 is 3.07 bits per heavy atom. The summed E-state index contributed by atoms with van der Waals surface area (Å²) >= 11 is 0. The molecular formula is C12H14FN. The minimum Gasteiger partial charge on any atom is -0.330 e. The Morgan fingerprint density at radius 2 is 2.36 bits per heavy atom. The van der Waals surface area contributed by atoms with E-state index in [1.165, 1.54) is 12.0 Å². The van der Waals surface area contributed by atoms with Crippen LogP contribution in [0.2, 0.25) is 0 Å². The zero-order valence-corrected chi connectivity index (χ0v) is 8.09. The van der Waals surface area contributed by atoms with Crippen LogP contribution in [0.3, 0.4) is 0 Å². The van der Waals surface area contributed by atoms with Crippen LogP contribution in [0.4, 0.5) is 4.39 Å². The molecule has 14 heavy (non-hydrogen) atoms. The van der Waals surface area contributed by atoms with Gasteiger partial charge in [0.1, 0.15) is 5.82 Å². The van der Waals surface area contributed by atoms with E-state index in [1.807, 2.05) is 6.07 Å². The molecule has 0 amide bonds. The molecule has 1 nitrogen and oxygen atoms in total. The van der Waals surface area contributed by atoms with E-state index in [-0.39, 0.29) is 11.2 Å². The van der Waals surface area contributed by atoms with Gasteiger partial charge in [-0.1, -0.05) is 12.1 Å². The van der Waals surface area contributed by atoms with Crippen molar-refractivity contribution in [2.45, 2.75) is 24.7 Å². The molecule has 0 bridgehead atoms. The quantitative estimate of drug-likeness (QED) is 0.721. The third-order valence-electron chi connectivity index (χ3n) is 3.99. The highest BCUT2D eigenvalue weighted by Gasteiger charge is 2.57. The van der Waals surface area contributed by atoms with Crippen molar-refractivity contribution in [1.29, 1.82) is 0 Å². The van der Waals surface area contributed by atoms with E-state index >= 15 is 0 Å². The van der Waals surface area contributed by atoms with Crippen LogP contribution in [0.15, 0.2) is 18.2 Å². The normalized spacial score (nSPS) is 33.4. The van der Waals surface area contributed by atoms with Crippen LogP contribution in [0, 0.1) is 11.7 Å². The molecule has 0 saturated heterocycles. The number of fused-ring (bicyclic) bond motifs is 2. The fourth-order valence-electron chi connectivity index (χ4n) is 3.09. The summed E-state index contributed by atoms with van der Waals surface area (Å²) in [6.07, 6.45) is 3.17. The van der Waals surface area contributed by atoms with E-state index in [2.05, 4.69) is 6.07 Å². The molecule has 0 aromatic heterocycles. The van der Waals surface area contributed by atoms with Crippen LogP contribution in [0.25, 0.3) is 0 Å². The van der Waals surface area contributed by atoms with Gasteiger partial charge < -0.3 is 5.73 Å². The summed E-state index contributed by atoms with van der Waals surface area (Å²) in [6, 6.07) is 5.48. The van der Waals surface area contributed by atoms with Crippen molar-refractivity contribution in [3.63, 3.8) is 0 Å². The van der Waals surface area contributed by atoms with E-state index in [1.54, 1.807) is 6.07 Å². The lowest BCUT2D eigenvalue weighted by Crippen LogP contribution is -2.12. The maximum absolute atomic E-state index is 13.5. The van der Waals surface area contributed by atoms with Crippen LogP contribution in [-0.2, 0) is 11.8 Å². The fraction of sp³-hybridized carbons (Fsp3) is 0.500. The van der Waals surface area contributed by atoms with Gasteiger partial charge in [-0.25, -0.2) is 4.39 Å². The van der Waals surface area contributed by atoms with Crippen LogP contribution < -0.4 is 5.73 Å². The minimum atomic E-state index is -0.0259. The predicted molar refractivity (Wildman–Crippen MR) is 53.6 cm³/mol. The van der Waals surface area contributed by atoms with Crippen molar-refractivity contribution in [2.24, 2.45) is 11.7 Å². The molecule has 0 aliphatic heterocycles. The molecule has 2 unspecified atom stereocenters. The Kier molecular flexibility index (Phi) is 1.55. The highest BCUT2D eigenvalue weighted by Crippen LogP contribution is 2.61. The van der Waals surface area contributed by atoms with Crippen molar-refractivity contribution in [2.75, 3.05) is 6.54 Å². The van der Waals surface area contributed by atoms with Crippen molar-refractivity contribution in [1.82, 2.24) is 0 Å². The first-order chi connectivity index (χ1) is 6.78. The van der Waals surface area contributed by atoms with Gasteiger partial charge >= 0.3 is 0 Å². The smallest absolute Gasteiger partial charge is 0.126 e. The lowest BCUT2D eigenvalue weighted by molar-refractivity contribution is 0.599. The predicted octanol–water partition coefficient (Wildman–Crippen LogP) is 1.99. The summed E-state index contributed by atoms with van der Waals surface area (Å²) in [5.74, 6) is 0.576. The zero-order valence-electron chi connectivity index (χ0n) is 8.09. The summed E-state index contributed by atoms with van der Waals surface area (Å²) in [7, 11) is 0. The van der Waals surface area contributed by atoms with Gasteiger partial charge in [0.25, 0.3) is 0 Å². The average molecular weight is 191 g/mol. The minimum absolute atomic E-state index is 0.0259. The highest BCUT2D eigenvalue weighted by atomic mass is 19.1. The SMILES string of the molecule is NCC1CC12CCc1c(F)cccc12. The van der Waals surface area contributed by atoms with Crippen molar-refractivity contribution in [3.05, 3.63) is 35.1 Å². The molecule has 3 rings (SSSR count). The van der Waals surface area contributed by atoms with Crippen LogP contribution in [0.1, 0.15) is 24.0 Å². The number of nitrogens with two attached hydrogens (primary N) is 1. The third-order valence-corrected chi connectivity index (χ3v) is 3.99. The largest absolute Gasteiger partial charge is 0.330 e. The summed E-state index contributed by atoms with van der Waals surface area (Å²) in [6.45, 7) is 0.746. The number of benzene rings is 1. The van der Waals surface area contributed by atoms with Crippen LogP contribution in [0.5, 0.6) is 0 Å². The Hall–Kier alpha value is -0.890. The van der Waals surface area contributed by atoms with Crippen molar-refractivity contribution in [3.8, 4) is 0 Å². The topological polar surface area (TPSA) is 26.0 Å². The molecule has 2 aliphatic carbocycles. The van der Waals surface area contributed by atoms with E-state index in [4.69, 9.17) is 5.73 Å². The van der Waals surface area contributed by atoms with E-state index in [0.717, 1.165) is 24.9 Å². The highest BCUT2D eigenvalue weighted by molar-refractivity contribution is 5.45. The maximum atomic E-state index is 13.5. The van der Waals surface area contributed by atoms with Gasteiger partial charge in [-0.05, 0) is 48.9 Å². The van der Waals surface area contributed by atoms with Gasteiger partial charge in [0, 0.05) is 5.41 Å². The molecule has 1 aromatic carbocycles. The van der Waals surface area contributed by atoms with Gasteiger partial charge in [0.05, 0.1) is 0 Å². The van der Waals surface area contributed by atoms with E-state index < -0.39 is 0 Å². The molecule has 2 N–H and O–H groups in total. The van der Waals surface area contributed by atoms with Crippen molar-refractivity contribution < 1.29 is 4.39 Å². The Bertz CT molecular complexity index is 388. The summed E-state index contributed by atoms with van der Waals surface area (Å²) in [4.78, 5) is 0. The Labute approximate surface area is 83.1 Å². The molecule has 2 aliphatic rings. The molecule has 1 fully saturated rings. The van der Waals surface area contributed by atoms with Gasteiger partial charge in [-0.2, -0.15) is 0 Å². The summed E-state index contributed by atoms with van der Waals surface area (Å²) in [5.41, 5.74) is 8.15. The van der Waals surface area contributed by atoms with Gasteiger partial charge in [-0.3, -0.25) is 0 Å². The molecule has 0 heterocycles. The first kappa shape index (κ1) is 8.42. The average Bonchev–Trinajstić information content (AvgIpc) is 2.77. The zero-order chi connectivity index (χ0) is 9.76. The first-order valence-corrected chi connectivity index (χ1v) is 5.26. The number of hydrogen-bond acceptors (Lipinski definition) is 1. The maximum Gasteiger partial charge on any atom is 0.126 e. The Balaban J connectivity index is 2.08. The second kappa shape index (κ2) is 2.57. The number of hydrogen-bond donors (Lipinski definition) is 1.